The van der Waals surface area contributed by atoms with Crippen LogP contribution >= 0.6 is 0 Å². The van der Waals surface area contributed by atoms with E-state index >= 15 is 0 Å². The Hall–Kier alpha value is -1.71. The lowest BCUT2D eigenvalue weighted by Gasteiger charge is -2.05. The van der Waals surface area contributed by atoms with E-state index in [2.05, 4.69) is 29.4 Å². The Morgan fingerprint density at radius 1 is 1.37 bits per heavy atom. The summed E-state index contributed by atoms with van der Waals surface area (Å²) in [5, 5.41) is 3.11. The van der Waals surface area contributed by atoms with Crippen LogP contribution < -0.4 is 15.8 Å². The fraction of sp³-hybridized carbons (Fsp3) is 0.533. The van der Waals surface area contributed by atoms with Gasteiger partial charge in [-0.05, 0) is 37.0 Å². The molecule has 0 bridgehead atoms. The molecule has 0 heterocycles. The standard InChI is InChI=1S/C15H25N3O/c1-3-4-10-17-15(16)18-11-6-8-13-7-5-9-14(12-13)19-2/h5,7,9,12H,3-4,6,8,10-11H2,1-2H3,(H3,16,17,18). The van der Waals surface area contributed by atoms with Crippen LogP contribution in [0.25, 0.3) is 0 Å². The van der Waals surface area contributed by atoms with E-state index in [1.54, 1.807) is 7.11 Å². The van der Waals surface area contributed by atoms with Gasteiger partial charge in [0.05, 0.1) is 7.11 Å². The molecule has 0 saturated carbocycles. The number of hydrogen-bond acceptors (Lipinski definition) is 2. The van der Waals surface area contributed by atoms with Gasteiger partial charge in [-0.25, -0.2) is 0 Å². The zero-order valence-electron chi connectivity index (χ0n) is 12.0. The Balaban J connectivity index is 2.24. The van der Waals surface area contributed by atoms with Crippen molar-refractivity contribution in [1.29, 1.82) is 0 Å². The van der Waals surface area contributed by atoms with Gasteiger partial charge in [0.1, 0.15) is 5.75 Å². The Kier molecular flexibility index (Phi) is 7.47. The molecule has 1 rings (SSSR count). The summed E-state index contributed by atoms with van der Waals surface area (Å²) in [4.78, 5) is 4.31. The number of nitrogens with zero attached hydrogens (tertiary/aromatic N) is 1. The van der Waals surface area contributed by atoms with E-state index < -0.39 is 0 Å². The predicted octanol–water partition coefficient (Wildman–Crippen LogP) is 2.33. The maximum absolute atomic E-state index is 5.76. The lowest BCUT2D eigenvalue weighted by atomic mass is 10.1. The number of unbranched alkanes of at least 4 members (excludes halogenated alkanes) is 1. The lowest BCUT2D eigenvalue weighted by molar-refractivity contribution is 0.414. The van der Waals surface area contributed by atoms with Gasteiger partial charge >= 0.3 is 0 Å². The van der Waals surface area contributed by atoms with Gasteiger partial charge < -0.3 is 15.8 Å². The van der Waals surface area contributed by atoms with Crippen molar-refractivity contribution in [2.75, 3.05) is 20.2 Å². The molecular weight excluding hydrogens is 238 g/mol. The summed E-state index contributed by atoms with van der Waals surface area (Å²) in [5.41, 5.74) is 7.03. The van der Waals surface area contributed by atoms with Gasteiger partial charge in [0.2, 0.25) is 0 Å². The van der Waals surface area contributed by atoms with Crippen LogP contribution in [-0.2, 0) is 6.42 Å². The van der Waals surface area contributed by atoms with E-state index in [4.69, 9.17) is 10.5 Å². The molecule has 19 heavy (non-hydrogen) atoms. The summed E-state index contributed by atoms with van der Waals surface area (Å²) in [6, 6.07) is 8.14. The molecule has 0 aliphatic carbocycles. The third-order valence-corrected chi connectivity index (χ3v) is 2.88. The summed E-state index contributed by atoms with van der Waals surface area (Å²) >= 11 is 0. The van der Waals surface area contributed by atoms with Crippen LogP contribution in [0.5, 0.6) is 5.75 Å². The molecule has 0 fully saturated rings. The maximum atomic E-state index is 5.76. The van der Waals surface area contributed by atoms with E-state index in [1.807, 2.05) is 12.1 Å². The number of benzene rings is 1. The van der Waals surface area contributed by atoms with Crippen LogP contribution in [0.2, 0.25) is 0 Å². The number of nitrogens with two attached hydrogens (primary N) is 1. The van der Waals surface area contributed by atoms with E-state index in [9.17, 15) is 0 Å². The third kappa shape index (κ3) is 6.70. The molecule has 0 unspecified atom stereocenters. The molecule has 0 aliphatic heterocycles. The first-order valence-corrected chi connectivity index (χ1v) is 6.93. The van der Waals surface area contributed by atoms with Gasteiger partial charge in [0.15, 0.2) is 5.96 Å². The molecule has 106 valence electrons. The summed E-state index contributed by atoms with van der Waals surface area (Å²) in [6.45, 7) is 3.81. The largest absolute Gasteiger partial charge is 0.497 e. The van der Waals surface area contributed by atoms with Crippen molar-refractivity contribution in [2.45, 2.75) is 32.6 Å². The molecule has 4 heteroatoms. The van der Waals surface area contributed by atoms with Gasteiger partial charge in [0, 0.05) is 13.1 Å². The minimum Gasteiger partial charge on any atom is -0.497 e. The summed E-state index contributed by atoms with van der Waals surface area (Å²) in [6.07, 6.45) is 4.27. The fourth-order valence-corrected chi connectivity index (χ4v) is 1.76. The highest BCUT2D eigenvalue weighted by Crippen LogP contribution is 2.13. The summed E-state index contributed by atoms with van der Waals surface area (Å²) in [7, 11) is 1.69. The Bertz CT molecular complexity index is 391. The minimum absolute atomic E-state index is 0.555. The van der Waals surface area contributed by atoms with Gasteiger partial charge in [-0.15, -0.1) is 0 Å². The minimum atomic E-state index is 0.555. The predicted molar refractivity (Wildman–Crippen MR) is 80.7 cm³/mol. The average molecular weight is 263 g/mol. The zero-order valence-corrected chi connectivity index (χ0v) is 12.0. The molecule has 3 N–H and O–H groups in total. The Morgan fingerprint density at radius 3 is 2.95 bits per heavy atom. The molecular formula is C15H25N3O. The number of ether oxygens (including phenoxy) is 1. The Morgan fingerprint density at radius 2 is 2.21 bits per heavy atom. The highest BCUT2D eigenvalue weighted by molar-refractivity contribution is 5.77. The first-order chi connectivity index (χ1) is 9.26. The van der Waals surface area contributed by atoms with E-state index in [-0.39, 0.29) is 0 Å². The first-order valence-electron chi connectivity index (χ1n) is 6.93. The third-order valence-electron chi connectivity index (χ3n) is 2.88. The van der Waals surface area contributed by atoms with Crippen LogP contribution in [0.3, 0.4) is 0 Å². The molecule has 0 aromatic heterocycles. The van der Waals surface area contributed by atoms with E-state index in [0.717, 1.165) is 44.5 Å². The van der Waals surface area contributed by atoms with Gasteiger partial charge in [0.25, 0.3) is 0 Å². The van der Waals surface area contributed by atoms with Crippen molar-refractivity contribution in [3.05, 3.63) is 29.8 Å². The highest BCUT2D eigenvalue weighted by Gasteiger charge is 1.96. The Labute approximate surface area is 116 Å². The summed E-state index contributed by atoms with van der Waals surface area (Å²) < 4.78 is 5.20. The molecule has 0 atom stereocenters. The van der Waals surface area contributed by atoms with E-state index in [1.165, 1.54) is 5.56 Å². The monoisotopic (exact) mass is 263 g/mol. The first kappa shape index (κ1) is 15.3. The fourth-order valence-electron chi connectivity index (χ4n) is 1.76. The molecule has 0 saturated heterocycles. The van der Waals surface area contributed by atoms with Gasteiger partial charge in [-0.2, -0.15) is 0 Å². The van der Waals surface area contributed by atoms with Crippen molar-refractivity contribution < 1.29 is 4.74 Å². The van der Waals surface area contributed by atoms with Crippen LogP contribution in [0.15, 0.2) is 29.3 Å². The number of rotatable bonds is 8. The van der Waals surface area contributed by atoms with Crippen molar-refractivity contribution in [1.82, 2.24) is 5.32 Å². The average Bonchev–Trinajstić information content (AvgIpc) is 2.44. The molecule has 4 nitrogen and oxygen atoms in total. The topological polar surface area (TPSA) is 59.6 Å². The quantitative estimate of drug-likeness (QED) is 0.430. The number of nitrogens with one attached hydrogen (secondary N) is 1. The molecule has 0 radical (unpaired) electrons. The number of aliphatic imine (C=N–C) groups is 1. The van der Waals surface area contributed by atoms with Crippen LogP contribution in [0.1, 0.15) is 31.7 Å². The second-order valence-corrected chi connectivity index (χ2v) is 4.50. The van der Waals surface area contributed by atoms with Crippen LogP contribution in [0, 0.1) is 0 Å². The van der Waals surface area contributed by atoms with Gasteiger partial charge in [-0.3, -0.25) is 4.99 Å². The summed E-state index contributed by atoms with van der Waals surface area (Å²) in [5.74, 6) is 1.46. The van der Waals surface area contributed by atoms with Crippen molar-refractivity contribution in [3.8, 4) is 5.75 Å². The SMILES string of the molecule is CCCCNC(N)=NCCCc1cccc(OC)c1. The van der Waals surface area contributed by atoms with Crippen molar-refractivity contribution in [2.24, 2.45) is 10.7 Å². The van der Waals surface area contributed by atoms with Crippen LogP contribution in [0.4, 0.5) is 0 Å². The molecule has 1 aromatic carbocycles. The van der Waals surface area contributed by atoms with Crippen molar-refractivity contribution >= 4 is 5.96 Å². The second-order valence-electron chi connectivity index (χ2n) is 4.50. The highest BCUT2D eigenvalue weighted by atomic mass is 16.5. The normalized spacial score (nSPS) is 11.4. The van der Waals surface area contributed by atoms with Crippen LogP contribution in [-0.4, -0.2) is 26.2 Å². The van der Waals surface area contributed by atoms with E-state index in [0.29, 0.717) is 5.96 Å². The zero-order chi connectivity index (χ0) is 13.9. The maximum Gasteiger partial charge on any atom is 0.188 e. The van der Waals surface area contributed by atoms with Crippen molar-refractivity contribution in [3.63, 3.8) is 0 Å². The number of aryl methyl sites for hydroxylation is 1. The molecule has 0 aliphatic rings. The van der Waals surface area contributed by atoms with Gasteiger partial charge in [-0.1, -0.05) is 25.5 Å². The second kappa shape index (κ2) is 9.25. The number of guanidine groups is 1. The molecule has 0 spiro atoms. The smallest absolute Gasteiger partial charge is 0.188 e. The number of methoxy groups -OCH3 is 1. The number of hydrogen-bond donors (Lipinski definition) is 2. The molecule has 1 aromatic rings. The lowest BCUT2D eigenvalue weighted by Crippen LogP contribution is -2.32. The molecule has 0 amide bonds.